The van der Waals surface area contributed by atoms with E-state index in [0.29, 0.717) is 6.54 Å². The Morgan fingerprint density at radius 1 is 1.38 bits per heavy atom. The van der Waals surface area contributed by atoms with Crippen molar-refractivity contribution in [3.63, 3.8) is 0 Å². The van der Waals surface area contributed by atoms with Gasteiger partial charge in [-0.05, 0) is 33.5 Å². The highest BCUT2D eigenvalue weighted by Crippen LogP contribution is 2.18. The number of likely N-dealkylation sites (tertiary alicyclic amines) is 1. The van der Waals surface area contributed by atoms with E-state index in [0.717, 1.165) is 13.0 Å². The van der Waals surface area contributed by atoms with Crippen LogP contribution >= 0.6 is 0 Å². The van der Waals surface area contributed by atoms with Gasteiger partial charge in [0.1, 0.15) is 15.9 Å². The molecule has 2 amide bonds. The maximum Gasteiger partial charge on any atom is 0.326 e. The zero-order chi connectivity index (χ0) is 19.9. The largest absolute Gasteiger partial charge is 0.480 e. The van der Waals surface area contributed by atoms with Crippen molar-refractivity contribution in [2.75, 3.05) is 45.2 Å². The molecule has 1 aliphatic rings. The van der Waals surface area contributed by atoms with Crippen LogP contribution in [0.15, 0.2) is 0 Å². The normalized spacial score (nSPS) is 19.0. The Balaban J connectivity index is 2.56. The molecule has 2 atom stereocenters. The smallest absolute Gasteiger partial charge is 0.326 e. The topological polar surface area (TPSA) is 124 Å². The van der Waals surface area contributed by atoms with E-state index in [9.17, 15) is 27.9 Å². The fourth-order valence-corrected chi connectivity index (χ4v) is 3.61. The molecule has 1 heterocycles. The molecule has 26 heavy (non-hydrogen) atoms. The second-order valence-corrected chi connectivity index (χ2v) is 9.29. The number of nitrogens with zero attached hydrogens (tertiary/aromatic N) is 2. The number of aliphatic carboxylic acids is 1. The van der Waals surface area contributed by atoms with Gasteiger partial charge in [-0.2, -0.15) is 0 Å². The Morgan fingerprint density at radius 3 is 2.58 bits per heavy atom. The number of rotatable bonds is 11. The van der Waals surface area contributed by atoms with Crippen LogP contribution in [0.1, 0.15) is 26.2 Å². The molecule has 150 valence electrons. The molecule has 0 spiro atoms. The Bertz CT molecular complexity index is 619. The molecule has 0 aromatic rings. The predicted octanol–water partition coefficient (Wildman–Crippen LogP) is -0.819. The van der Waals surface area contributed by atoms with Crippen LogP contribution in [-0.2, 0) is 24.2 Å². The first-order valence-corrected chi connectivity index (χ1v) is 10.5. The molecule has 0 aliphatic carbocycles. The molecule has 0 bridgehead atoms. The van der Waals surface area contributed by atoms with Gasteiger partial charge in [0.05, 0.1) is 11.7 Å². The summed E-state index contributed by atoms with van der Waals surface area (Å²) in [6.45, 7) is 3.13. The van der Waals surface area contributed by atoms with Crippen LogP contribution in [0.5, 0.6) is 0 Å². The van der Waals surface area contributed by atoms with Gasteiger partial charge in [0.25, 0.3) is 0 Å². The van der Waals surface area contributed by atoms with Crippen LogP contribution in [0.25, 0.3) is 0 Å². The number of carboxylic acid groups (broad SMARTS) is 1. The van der Waals surface area contributed by atoms with E-state index in [-0.39, 0.29) is 36.8 Å². The van der Waals surface area contributed by atoms with E-state index >= 15 is 0 Å². The van der Waals surface area contributed by atoms with Crippen molar-refractivity contribution in [1.82, 2.24) is 15.1 Å². The lowest BCUT2D eigenvalue weighted by atomic mass is 10.1. The summed E-state index contributed by atoms with van der Waals surface area (Å²) < 4.78 is 23.1. The highest BCUT2D eigenvalue weighted by molar-refractivity contribution is 7.91. The molecule has 1 saturated heterocycles. The van der Waals surface area contributed by atoms with Gasteiger partial charge in [0.2, 0.25) is 11.8 Å². The van der Waals surface area contributed by atoms with E-state index in [4.69, 9.17) is 0 Å². The predicted molar refractivity (Wildman–Crippen MR) is 96.4 cm³/mol. The van der Waals surface area contributed by atoms with Crippen LogP contribution in [0.3, 0.4) is 0 Å². The van der Waals surface area contributed by atoms with Gasteiger partial charge in [-0.1, -0.05) is 6.92 Å². The molecule has 2 unspecified atom stereocenters. The minimum Gasteiger partial charge on any atom is -0.480 e. The van der Waals surface area contributed by atoms with Crippen molar-refractivity contribution < 1.29 is 27.9 Å². The van der Waals surface area contributed by atoms with Gasteiger partial charge >= 0.3 is 5.97 Å². The molecule has 9 nitrogen and oxygen atoms in total. The number of carboxylic acids is 1. The number of nitrogens with one attached hydrogen (secondary N) is 1. The number of carbonyl (C=O) groups is 3. The number of hydrogen-bond donors (Lipinski definition) is 2. The first kappa shape index (κ1) is 22.4. The van der Waals surface area contributed by atoms with Gasteiger partial charge < -0.3 is 20.2 Å². The standard InChI is InChI=1S/C16H29N3O6S/c1-4-26(24,25)9-6-13(16(22)23)17-15(21)12-10-14(20)19(11-12)8-5-7-18(2)3/h12-13H,4-11H2,1-3H3,(H,17,21)(H,22,23). The van der Waals surface area contributed by atoms with Crippen LogP contribution < -0.4 is 5.32 Å². The van der Waals surface area contributed by atoms with E-state index in [1.165, 1.54) is 6.92 Å². The molecular weight excluding hydrogens is 362 g/mol. The molecule has 0 saturated carbocycles. The lowest BCUT2D eigenvalue weighted by Gasteiger charge is -2.19. The SMILES string of the molecule is CCS(=O)(=O)CCC(NC(=O)C1CC(=O)N(CCCN(C)C)C1)C(=O)O. The summed E-state index contributed by atoms with van der Waals surface area (Å²) in [6, 6.07) is -1.28. The number of sulfone groups is 1. The maximum atomic E-state index is 12.3. The Kier molecular flexibility index (Phi) is 8.48. The maximum absolute atomic E-state index is 12.3. The first-order chi connectivity index (χ1) is 12.1. The van der Waals surface area contributed by atoms with Crippen LogP contribution in [0.4, 0.5) is 0 Å². The zero-order valence-electron chi connectivity index (χ0n) is 15.6. The summed E-state index contributed by atoms with van der Waals surface area (Å²) in [7, 11) is 0.556. The van der Waals surface area contributed by atoms with Crippen LogP contribution in [-0.4, -0.2) is 92.4 Å². The van der Waals surface area contributed by atoms with E-state index in [1.54, 1.807) is 4.90 Å². The van der Waals surface area contributed by atoms with Gasteiger partial charge in [-0.15, -0.1) is 0 Å². The van der Waals surface area contributed by atoms with Crippen molar-refractivity contribution >= 4 is 27.6 Å². The van der Waals surface area contributed by atoms with Gasteiger partial charge in [-0.3, -0.25) is 9.59 Å². The highest BCUT2D eigenvalue weighted by Gasteiger charge is 2.35. The number of carbonyl (C=O) groups excluding carboxylic acids is 2. The van der Waals surface area contributed by atoms with Gasteiger partial charge in [0, 0.05) is 25.3 Å². The van der Waals surface area contributed by atoms with E-state index in [1.807, 2.05) is 19.0 Å². The fourth-order valence-electron chi connectivity index (χ4n) is 2.73. The van der Waals surface area contributed by atoms with Crippen LogP contribution in [0, 0.1) is 5.92 Å². The molecule has 1 rings (SSSR count). The molecule has 0 aromatic heterocycles. The molecule has 1 aliphatic heterocycles. The van der Waals surface area contributed by atoms with Crippen molar-refractivity contribution in [2.24, 2.45) is 5.92 Å². The van der Waals surface area contributed by atoms with Crippen molar-refractivity contribution in [3.8, 4) is 0 Å². The monoisotopic (exact) mass is 391 g/mol. The second kappa shape index (κ2) is 9.86. The molecule has 0 radical (unpaired) electrons. The molecule has 1 fully saturated rings. The van der Waals surface area contributed by atoms with Gasteiger partial charge in [-0.25, -0.2) is 13.2 Å². The Labute approximate surface area is 154 Å². The van der Waals surface area contributed by atoms with Crippen molar-refractivity contribution in [1.29, 1.82) is 0 Å². The molecule has 2 N–H and O–H groups in total. The van der Waals surface area contributed by atoms with Crippen molar-refractivity contribution in [3.05, 3.63) is 0 Å². The quantitative estimate of drug-likeness (QED) is 0.471. The highest BCUT2D eigenvalue weighted by atomic mass is 32.2. The third-order valence-corrected chi connectivity index (χ3v) is 6.13. The van der Waals surface area contributed by atoms with E-state index < -0.39 is 33.7 Å². The average molecular weight is 391 g/mol. The number of hydrogen-bond acceptors (Lipinski definition) is 6. The van der Waals surface area contributed by atoms with E-state index in [2.05, 4.69) is 5.32 Å². The van der Waals surface area contributed by atoms with Crippen molar-refractivity contribution in [2.45, 2.75) is 32.2 Å². The summed E-state index contributed by atoms with van der Waals surface area (Å²) in [5.74, 6) is -2.91. The lowest BCUT2D eigenvalue weighted by Crippen LogP contribution is -2.45. The summed E-state index contributed by atoms with van der Waals surface area (Å²) in [6.07, 6.45) is 0.650. The Hall–Kier alpha value is -1.68. The zero-order valence-corrected chi connectivity index (χ0v) is 16.4. The molecular formula is C16H29N3O6S. The molecule has 0 aromatic carbocycles. The fraction of sp³-hybridized carbons (Fsp3) is 0.812. The van der Waals surface area contributed by atoms with Crippen LogP contribution in [0.2, 0.25) is 0 Å². The summed E-state index contributed by atoms with van der Waals surface area (Å²) >= 11 is 0. The minimum atomic E-state index is -3.32. The second-order valence-electron chi connectivity index (χ2n) is 6.82. The summed E-state index contributed by atoms with van der Waals surface area (Å²) in [4.78, 5) is 39.3. The third-order valence-electron chi connectivity index (χ3n) is 4.39. The third kappa shape index (κ3) is 7.28. The molecule has 10 heteroatoms. The number of amides is 2. The first-order valence-electron chi connectivity index (χ1n) is 8.71. The summed E-state index contributed by atoms with van der Waals surface area (Å²) in [5.41, 5.74) is 0. The van der Waals surface area contributed by atoms with Gasteiger partial charge in [0.15, 0.2) is 0 Å². The summed E-state index contributed by atoms with van der Waals surface area (Å²) in [5, 5.41) is 11.6. The minimum absolute atomic E-state index is 0.0490. The lowest BCUT2D eigenvalue weighted by molar-refractivity contribution is -0.142. The average Bonchev–Trinajstić information content (AvgIpc) is 2.92. The Morgan fingerprint density at radius 2 is 2.04 bits per heavy atom.